The van der Waals surface area contributed by atoms with Crippen LogP contribution in [0, 0.1) is 0 Å². The second-order valence-electron chi connectivity index (χ2n) is 7.33. The van der Waals surface area contributed by atoms with E-state index in [1.807, 2.05) is 66.7 Å². The van der Waals surface area contributed by atoms with Crippen LogP contribution in [0.2, 0.25) is 0 Å². The molecule has 0 radical (unpaired) electrons. The Bertz CT molecular complexity index is 1210. The van der Waals surface area contributed by atoms with E-state index in [1.54, 1.807) is 12.1 Å². The molecule has 0 aliphatic rings. The number of benzene rings is 3. The Morgan fingerprint density at radius 1 is 0.938 bits per heavy atom. The zero-order valence-electron chi connectivity index (χ0n) is 17.6. The van der Waals surface area contributed by atoms with Gasteiger partial charge >= 0.3 is 0 Å². The number of aldehydes is 1. The van der Waals surface area contributed by atoms with Crippen molar-refractivity contribution in [1.29, 1.82) is 0 Å². The van der Waals surface area contributed by atoms with Gasteiger partial charge in [0.15, 0.2) is 0 Å². The molecule has 0 saturated heterocycles. The lowest BCUT2D eigenvalue weighted by Crippen LogP contribution is -2.37. The zero-order chi connectivity index (χ0) is 23.0. The predicted octanol–water partition coefficient (Wildman–Crippen LogP) is 3.77. The Hall–Kier alpha value is -3.71. The van der Waals surface area contributed by atoms with Crippen LogP contribution in [-0.2, 0) is 21.2 Å². The van der Waals surface area contributed by atoms with Crippen molar-refractivity contribution in [3.05, 3.63) is 101 Å². The van der Waals surface area contributed by atoms with E-state index in [-0.39, 0.29) is 0 Å². The fraction of sp³-hybridized carbons (Fsp3) is 0.120. The number of hydrogen-bond acceptors (Lipinski definition) is 4. The molecular weight excluding hydrogens is 424 g/mol. The number of anilines is 1. The quantitative estimate of drug-likeness (QED) is 0.385. The van der Waals surface area contributed by atoms with Gasteiger partial charge in [0.05, 0.1) is 12.3 Å². The Morgan fingerprint density at radius 3 is 2.22 bits per heavy atom. The lowest BCUT2D eigenvalue weighted by molar-refractivity contribution is -0.109. The Morgan fingerprint density at radius 2 is 1.59 bits per heavy atom. The topological polar surface area (TPSA) is 92.3 Å². The minimum Gasteiger partial charge on any atom is -0.342 e. The second-order valence-corrected chi connectivity index (χ2v) is 9.07. The van der Waals surface area contributed by atoms with Crippen LogP contribution < -0.4 is 10.0 Å². The van der Waals surface area contributed by atoms with Crippen LogP contribution in [0.4, 0.5) is 5.69 Å². The summed E-state index contributed by atoms with van der Waals surface area (Å²) in [6, 6.07) is 22.9. The number of carbonyl (C=O) groups excluding carboxylic acids is 2. The molecule has 3 rings (SSSR count). The third-order valence-electron chi connectivity index (χ3n) is 4.63. The average Bonchev–Trinajstić information content (AvgIpc) is 2.77. The molecule has 6 nitrogen and oxygen atoms in total. The highest BCUT2D eigenvalue weighted by Crippen LogP contribution is 2.20. The van der Waals surface area contributed by atoms with Gasteiger partial charge in [0, 0.05) is 11.3 Å². The summed E-state index contributed by atoms with van der Waals surface area (Å²) in [5.74, 6) is -0.420. The molecular formula is C25H24N2O4S. The van der Waals surface area contributed by atoms with Crippen molar-refractivity contribution in [2.24, 2.45) is 0 Å². The standard InChI is InChI=1S/C25H24N2O4S/c1-32(30,31)27-22-14-15-24(21(17-22)13-12-19-8-4-2-5-9-19)25(29)26-23(18-28)16-20-10-6-3-7-11-20/h2-15,17-18,23,27H,16H2,1H3,(H,26,29)/t23-/m0/s1. The van der Waals surface area contributed by atoms with Crippen molar-refractivity contribution in [3.63, 3.8) is 0 Å². The molecule has 0 saturated carbocycles. The smallest absolute Gasteiger partial charge is 0.252 e. The van der Waals surface area contributed by atoms with Crippen LogP contribution in [0.3, 0.4) is 0 Å². The van der Waals surface area contributed by atoms with Gasteiger partial charge in [-0.05, 0) is 41.3 Å². The number of sulfonamides is 1. The zero-order valence-corrected chi connectivity index (χ0v) is 18.4. The first-order chi connectivity index (χ1) is 15.3. The second kappa shape index (κ2) is 10.5. The first-order valence-corrected chi connectivity index (χ1v) is 11.9. The van der Waals surface area contributed by atoms with Crippen LogP contribution in [0.15, 0.2) is 78.9 Å². The van der Waals surface area contributed by atoms with Gasteiger partial charge in [-0.1, -0.05) is 72.8 Å². The van der Waals surface area contributed by atoms with Crippen LogP contribution in [-0.4, -0.2) is 32.9 Å². The van der Waals surface area contributed by atoms with E-state index >= 15 is 0 Å². The van der Waals surface area contributed by atoms with Gasteiger partial charge in [-0.2, -0.15) is 0 Å². The molecule has 32 heavy (non-hydrogen) atoms. The van der Waals surface area contributed by atoms with E-state index in [0.717, 1.165) is 17.4 Å². The minimum atomic E-state index is -3.47. The third-order valence-corrected chi connectivity index (χ3v) is 5.24. The van der Waals surface area contributed by atoms with E-state index in [0.29, 0.717) is 29.5 Å². The number of amides is 1. The molecule has 0 aliphatic carbocycles. The fourth-order valence-corrected chi connectivity index (χ4v) is 3.74. The highest BCUT2D eigenvalue weighted by molar-refractivity contribution is 7.92. The molecule has 0 spiro atoms. The highest BCUT2D eigenvalue weighted by atomic mass is 32.2. The summed E-state index contributed by atoms with van der Waals surface area (Å²) in [7, 11) is -3.47. The van der Waals surface area contributed by atoms with E-state index in [9.17, 15) is 18.0 Å². The third kappa shape index (κ3) is 6.92. The van der Waals surface area contributed by atoms with E-state index < -0.39 is 22.0 Å². The van der Waals surface area contributed by atoms with Crippen LogP contribution in [0.5, 0.6) is 0 Å². The number of hydrogen-bond donors (Lipinski definition) is 2. The largest absolute Gasteiger partial charge is 0.342 e. The summed E-state index contributed by atoms with van der Waals surface area (Å²) in [4.78, 5) is 24.6. The van der Waals surface area contributed by atoms with Gasteiger partial charge in [0.1, 0.15) is 6.29 Å². The molecule has 0 aromatic heterocycles. The molecule has 2 N–H and O–H groups in total. The number of rotatable bonds is 9. The minimum absolute atomic E-state index is 0.330. The van der Waals surface area contributed by atoms with Gasteiger partial charge in [0.2, 0.25) is 10.0 Å². The lowest BCUT2D eigenvalue weighted by atomic mass is 10.0. The molecule has 0 unspecified atom stereocenters. The molecule has 1 atom stereocenters. The van der Waals surface area contributed by atoms with Crippen LogP contribution in [0.1, 0.15) is 27.0 Å². The Labute approximate surface area is 188 Å². The Kier molecular flexibility index (Phi) is 7.57. The van der Waals surface area contributed by atoms with Gasteiger partial charge < -0.3 is 10.1 Å². The summed E-state index contributed by atoms with van der Waals surface area (Å²) in [6.45, 7) is 0. The van der Waals surface area contributed by atoms with Crippen molar-refractivity contribution in [2.45, 2.75) is 12.5 Å². The van der Waals surface area contributed by atoms with Crippen molar-refractivity contribution in [2.75, 3.05) is 11.0 Å². The lowest BCUT2D eigenvalue weighted by Gasteiger charge is -2.15. The van der Waals surface area contributed by atoms with E-state index in [4.69, 9.17) is 0 Å². The summed E-state index contributed by atoms with van der Waals surface area (Å²) in [6.07, 6.45) is 5.72. The normalized spacial score (nSPS) is 12.3. The average molecular weight is 449 g/mol. The predicted molar refractivity (Wildman–Crippen MR) is 128 cm³/mol. The van der Waals surface area contributed by atoms with Crippen LogP contribution >= 0.6 is 0 Å². The first kappa shape index (κ1) is 23.0. The molecule has 3 aromatic rings. The van der Waals surface area contributed by atoms with Crippen LogP contribution in [0.25, 0.3) is 12.2 Å². The number of nitrogens with one attached hydrogen (secondary N) is 2. The molecule has 3 aromatic carbocycles. The van der Waals surface area contributed by atoms with Gasteiger partial charge in [-0.15, -0.1) is 0 Å². The van der Waals surface area contributed by atoms with Gasteiger partial charge in [0.25, 0.3) is 5.91 Å². The van der Waals surface area contributed by atoms with Gasteiger partial charge in [-0.25, -0.2) is 8.42 Å². The molecule has 1 amide bonds. The summed E-state index contributed by atoms with van der Waals surface area (Å²) in [5.41, 5.74) is 3.05. The Balaban J connectivity index is 1.88. The van der Waals surface area contributed by atoms with Crippen molar-refractivity contribution >= 4 is 40.1 Å². The summed E-state index contributed by atoms with van der Waals surface area (Å²) in [5, 5.41) is 2.76. The number of carbonyl (C=O) groups is 2. The maximum atomic E-state index is 13.0. The van der Waals surface area contributed by atoms with E-state index in [2.05, 4.69) is 10.0 Å². The summed E-state index contributed by atoms with van der Waals surface area (Å²) >= 11 is 0. The van der Waals surface area contributed by atoms with Crippen molar-refractivity contribution < 1.29 is 18.0 Å². The molecule has 7 heteroatoms. The maximum Gasteiger partial charge on any atom is 0.252 e. The van der Waals surface area contributed by atoms with E-state index in [1.165, 1.54) is 12.1 Å². The maximum absolute atomic E-state index is 13.0. The van der Waals surface area contributed by atoms with Gasteiger partial charge in [-0.3, -0.25) is 9.52 Å². The SMILES string of the molecule is CS(=O)(=O)Nc1ccc(C(=O)N[C@H](C=O)Cc2ccccc2)c(C=Cc2ccccc2)c1. The molecule has 0 bridgehead atoms. The summed E-state index contributed by atoms with van der Waals surface area (Å²) < 4.78 is 25.7. The molecule has 164 valence electrons. The first-order valence-electron chi connectivity index (χ1n) is 9.99. The fourth-order valence-electron chi connectivity index (χ4n) is 3.18. The van der Waals surface area contributed by atoms with Crippen molar-refractivity contribution in [1.82, 2.24) is 5.32 Å². The van der Waals surface area contributed by atoms with Crippen molar-refractivity contribution in [3.8, 4) is 0 Å². The molecule has 0 heterocycles. The molecule has 0 fully saturated rings. The highest BCUT2D eigenvalue weighted by Gasteiger charge is 2.17. The monoisotopic (exact) mass is 448 g/mol. The molecule has 0 aliphatic heterocycles.